The topological polar surface area (TPSA) is 187 Å². The van der Waals surface area contributed by atoms with Crippen molar-refractivity contribution in [2.75, 3.05) is 0 Å². The van der Waals surface area contributed by atoms with Gasteiger partial charge in [-0.25, -0.2) is 0 Å². The summed E-state index contributed by atoms with van der Waals surface area (Å²) in [6, 6.07) is 0. The summed E-state index contributed by atoms with van der Waals surface area (Å²) in [6.45, 7) is 0.972. The Labute approximate surface area is 160 Å². The van der Waals surface area contributed by atoms with Gasteiger partial charge in [-0.15, -0.1) is 0 Å². The molecule has 0 amide bonds. The number of hydrogen-bond acceptors (Lipinski definition) is 9. The largest absolute Gasteiger partial charge is 2.00 e. The van der Waals surface area contributed by atoms with Gasteiger partial charge in [-0.05, 0) is 6.92 Å². The van der Waals surface area contributed by atoms with Gasteiger partial charge in [0.2, 0.25) is 0 Å². The molecule has 88 valence electrons. The summed E-state index contributed by atoms with van der Waals surface area (Å²) in [5.74, 6) is -1.08. The molecule has 10 nitrogen and oxygen atoms in total. The van der Waals surface area contributed by atoms with Crippen molar-refractivity contribution in [1.29, 1.82) is 0 Å². The van der Waals surface area contributed by atoms with Gasteiger partial charge in [-0.2, -0.15) is 0 Å². The molecule has 0 aliphatic rings. The predicted octanol–water partition coefficient (Wildman–Crippen LogP) is -5.83. The Bertz CT molecular complexity index is 231. The van der Waals surface area contributed by atoms with Gasteiger partial charge in [0, 0.05) is 16.4 Å². The fraction of sp³-hybridized carbons (Fsp3) is 0.500. The molecule has 0 N–H and O–H groups in total. The number of carbonyl (C=O) groups excluding carboxylic acids is 1. The van der Waals surface area contributed by atoms with Crippen LogP contribution in [0.15, 0.2) is 0 Å². The molecule has 0 aromatic heterocycles. The molecule has 16 heteroatoms. The van der Waals surface area contributed by atoms with E-state index in [0.29, 0.717) is 0 Å². The third-order valence-electron chi connectivity index (χ3n) is 0. The summed E-state index contributed by atoms with van der Waals surface area (Å²) in [7, 11) is -5.17. The summed E-state index contributed by atoms with van der Waals surface area (Å²) < 4.78 is 34.1. The van der Waals surface area contributed by atoms with Gasteiger partial charge in [-0.1, -0.05) is 0 Å². The second-order valence-electron chi connectivity index (χ2n) is 1.12. The zero-order valence-corrected chi connectivity index (χ0v) is 22.7. The average molecular weight is 514 g/mol. The average Bonchev–Trinajstić information content (AvgIpc) is 1.50. The maximum absolute atomic E-state index is 8.89. The van der Waals surface area contributed by atoms with Crippen LogP contribution in [0.4, 0.5) is 0 Å². The van der Waals surface area contributed by atoms with Crippen LogP contribution in [0, 0.1) is 15.3 Å². The first-order chi connectivity index (χ1) is 5.46. The van der Waals surface area contributed by atoms with Crippen LogP contribution in [-0.4, -0.2) is 28.6 Å². The Balaban J connectivity index is -0.0000000123. The monoisotopic (exact) mass is 508 g/mol. The van der Waals surface area contributed by atoms with Gasteiger partial charge < -0.3 is 46.7 Å². The third kappa shape index (κ3) is 2640. The molecule has 0 heterocycles. The van der Waals surface area contributed by atoms with Crippen LogP contribution >= 0.6 is 0 Å². The summed E-state index contributed by atoms with van der Waals surface area (Å²) in [4.78, 5) is 17.1. The Morgan fingerprint density at radius 2 is 1.00 bits per heavy atom. The molecule has 0 bridgehead atoms. The fourth-order valence-electron chi connectivity index (χ4n) is 0. The van der Waals surface area contributed by atoms with E-state index in [2.05, 4.69) is 0 Å². The molecule has 0 fully saturated rings. The van der Waals surface area contributed by atoms with Gasteiger partial charge in [-0.3, -0.25) is 8.42 Å². The first-order valence-corrected chi connectivity index (χ1v) is 3.46. The van der Waals surface area contributed by atoms with Crippen molar-refractivity contribution in [3.8, 4) is 0 Å². The van der Waals surface area contributed by atoms with Crippen LogP contribution in [0.5, 0.6) is 0 Å². The van der Waals surface area contributed by atoms with E-state index >= 15 is 0 Å². The first-order valence-electron chi connectivity index (χ1n) is 2.12. The molecular weight excluding hydrogens is 511 g/mol. The molecule has 0 atom stereocenters. The summed E-state index contributed by atoms with van der Waals surface area (Å²) in [6.07, 6.45) is 0. The number of halogens is 1. The Kier molecular flexibility index (Phi) is 87.1. The Morgan fingerprint density at radius 3 is 1.00 bits per heavy atom. The van der Waals surface area contributed by atoms with Crippen molar-refractivity contribution in [3.63, 3.8) is 0 Å². The molecule has 0 aliphatic heterocycles. The van der Waals surface area contributed by atoms with Gasteiger partial charge in [0.15, 0.2) is 0 Å². The van der Waals surface area contributed by atoms with E-state index in [4.69, 9.17) is 42.7 Å². The van der Waals surface area contributed by atoms with E-state index in [9.17, 15) is 0 Å². The molecule has 0 aliphatic carbocycles. The second-order valence-corrected chi connectivity index (χ2v) is 1.94. The zero-order valence-electron chi connectivity index (χ0n) is 9.24. The minimum absolute atomic E-state index is 0. The molecule has 0 saturated heterocycles. The predicted molar refractivity (Wildman–Crippen MR) is 31.5 cm³/mol. The summed E-state index contributed by atoms with van der Waals surface area (Å²) in [5.41, 5.74) is 0. The number of aliphatic carboxylic acids is 1. The molecule has 0 radical (unpaired) electrons. The molecule has 18 heavy (non-hydrogen) atoms. The Morgan fingerprint density at radius 1 is 1.00 bits per heavy atom. The van der Waals surface area contributed by atoms with Crippen LogP contribution in [0.25, 0.3) is 0 Å². The number of hydrogen-bond donors (Lipinski definition) is 0. The standard InChI is InChI=1S/C2H4O2.ClH.NO3.H2O4S.4Zn/c1-2(3)4;;2-1(3)4;1-5(2,3)4;;;;/h1H3,(H,3,4);1H;;(H2,1,2,3,4);;;;/q;;-1;;4*+2/p-4. The van der Waals surface area contributed by atoms with Crippen molar-refractivity contribution in [2.24, 2.45) is 0 Å². The zero-order chi connectivity index (χ0) is 11.7. The van der Waals surface area contributed by atoms with Crippen LogP contribution in [0.2, 0.25) is 0 Å². The van der Waals surface area contributed by atoms with Crippen LogP contribution < -0.4 is 17.5 Å². The molecule has 0 saturated carbocycles. The maximum atomic E-state index is 8.89. The van der Waals surface area contributed by atoms with Gasteiger partial charge in [0.25, 0.3) is 0 Å². The molecule has 0 aromatic rings. The summed E-state index contributed by atoms with van der Waals surface area (Å²) in [5, 5.41) is 23.6. The number of rotatable bonds is 0. The normalized spacial score (nSPS) is 5.94. The minimum Gasteiger partial charge on any atom is -1.00 e. The van der Waals surface area contributed by atoms with Crippen LogP contribution in [-0.2, 0) is 93.1 Å². The summed E-state index contributed by atoms with van der Waals surface area (Å²) >= 11 is 0. The number of carboxylic acid groups (broad SMARTS) is 1. The van der Waals surface area contributed by atoms with Crippen LogP contribution in [0.3, 0.4) is 0 Å². The fourth-order valence-corrected chi connectivity index (χ4v) is 0. The van der Waals surface area contributed by atoms with E-state index in [1.54, 1.807) is 0 Å². The van der Waals surface area contributed by atoms with Crippen molar-refractivity contribution < 1.29 is 123 Å². The quantitative estimate of drug-likeness (QED) is 0.0998. The smallest absolute Gasteiger partial charge is 1.00 e. The van der Waals surface area contributed by atoms with Crippen LogP contribution in [0.1, 0.15) is 6.92 Å². The van der Waals surface area contributed by atoms with E-state index < -0.39 is 21.5 Å². The van der Waals surface area contributed by atoms with Crippen molar-refractivity contribution in [1.82, 2.24) is 0 Å². The molecule has 0 unspecified atom stereocenters. The maximum Gasteiger partial charge on any atom is 2.00 e. The van der Waals surface area contributed by atoms with Crippen molar-refractivity contribution in [2.45, 2.75) is 6.92 Å². The molecule has 0 aromatic carbocycles. The van der Waals surface area contributed by atoms with Gasteiger partial charge in [0.05, 0.1) is 5.09 Å². The molecule has 0 rings (SSSR count). The number of carboxylic acids is 1. The van der Waals surface area contributed by atoms with E-state index in [1.165, 1.54) is 0 Å². The minimum atomic E-state index is -5.17. The van der Waals surface area contributed by atoms with E-state index in [-0.39, 0.29) is 90.3 Å². The van der Waals surface area contributed by atoms with E-state index in [0.717, 1.165) is 6.92 Å². The number of carbonyl (C=O) groups is 1. The Hall–Kier alpha value is 1.32. The second kappa shape index (κ2) is 31.0. The number of nitrogens with zero attached hydrogens (tertiary/aromatic N) is 1. The third-order valence-corrected chi connectivity index (χ3v) is 0. The first kappa shape index (κ1) is 50.6. The van der Waals surface area contributed by atoms with Gasteiger partial charge in [0.1, 0.15) is 0 Å². The molecule has 0 spiro atoms. The van der Waals surface area contributed by atoms with Crippen molar-refractivity contribution >= 4 is 16.4 Å². The van der Waals surface area contributed by atoms with Gasteiger partial charge >= 0.3 is 77.9 Å². The molecular formula is C2H3ClNO9SZn4+3. The van der Waals surface area contributed by atoms with Crippen molar-refractivity contribution in [3.05, 3.63) is 15.3 Å². The van der Waals surface area contributed by atoms with E-state index in [1.807, 2.05) is 0 Å². The SMILES string of the molecule is CC(=O)[O-].O=S(=O)([O-])[O-].O=[N+]([O-])[O-].[Cl-].[Zn+2].[Zn+2].[Zn+2].[Zn+2].